The van der Waals surface area contributed by atoms with Crippen molar-refractivity contribution in [2.75, 3.05) is 32.2 Å². The third-order valence-electron chi connectivity index (χ3n) is 3.97. The molecule has 2 amide bonds. The molecule has 0 atom stereocenters. The summed E-state index contributed by atoms with van der Waals surface area (Å²) in [5.41, 5.74) is 0.476. The molecule has 0 aromatic heterocycles. The average Bonchev–Trinajstić information content (AvgIpc) is 2.73. The van der Waals surface area contributed by atoms with E-state index in [4.69, 9.17) is 19.3 Å². The number of anilines is 1. The van der Waals surface area contributed by atoms with Gasteiger partial charge in [-0.3, -0.25) is 9.59 Å². The van der Waals surface area contributed by atoms with E-state index in [0.29, 0.717) is 30.3 Å². The minimum atomic E-state index is -4.05. The molecule has 2 aromatic carbocycles. The first-order chi connectivity index (χ1) is 14.7. The van der Waals surface area contributed by atoms with Crippen LogP contribution in [0.15, 0.2) is 41.3 Å². The van der Waals surface area contributed by atoms with Crippen LogP contribution in [0.25, 0.3) is 0 Å². The standard InChI is InChI=1S/C20H25N3O7S/c1-4-29-15-8-6-13(10-17(15)30-5-2)20(25)22-12-19(24)23-14-7-9-16(28-3)18(11-14)31(21,26)27/h6-11H,4-5,12H2,1-3H3,(H,22,25)(H,23,24)(H2,21,26,27). The molecule has 31 heavy (non-hydrogen) atoms. The Balaban J connectivity index is 2.04. The smallest absolute Gasteiger partial charge is 0.251 e. The van der Waals surface area contributed by atoms with Crippen LogP contribution in [0.4, 0.5) is 5.69 Å². The van der Waals surface area contributed by atoms with Gasteiger partial charge in [-0.05, 0) is 50.2 Å². The van der Waals surface area contributed by atoms with E-state index in [2.05, 4.69) is 10.6 Å². The second-order valence-corrected chi connectivity index (χ2v) is 7.70. The summed E-state index contributed by atoms with van der Waals surface area (Å²) in [5, 5.41) is 10.2. The lowest BCUT2D eigenvalue weighted by Crippen LogP contribution is -2.32. The Morgan fingerprint density at radius 3 is 2.23 bits per heavy atom. The van der Waals surface area contributed by atoms with Gasteiger partial charge in [-0.2, -0.15) is 0 Å². The third-order valence-corrected chi connectivity index (χ3v) is 4.90. The molecule has 168 valence electrons. The van der Waals surface area contributed by atoms with E-state index >= 15 is 0 Å². The Hall–Kier alpha value is -3.31. The number of primary sulfonamides is 1. The van der Waals surface area contributed by atoms with E-state index < -0.39 is 21.8 Å². The second-order valence-electron chi connectivity index (χ2n) is 6.17. The van der Waals surface area contributed by atoms with Crippen molar-refractivity contribution in [3.8, 4) is 17.2 Å². The van der Waals surface area contributed by atoms with Gasteiger partial charge in [0.1, 0.15) is 10.6 Å². The quantitative estimate of drug-likeness (QED) is 0.496. The van der Waals surface area contributed by atoms with Gasteiger partial charge in [0, 0.05) is 11.3 Å². The highest BCUT2D eigenvalue weighted by molar-refractivity contribution is 7.89. The third kappa shape index (κ3) is 6.59. The maximum atomic E-state index is 12.4. The van der Waals surface area contributed by atoms with E-state index in [9.17, 15) is 18.0 Å². The number of carbonyl (C=O) groups excluding carboxylic acids is 2. The largest absolute Gasteiger partial charge is 0.495 e. The molecule has 0 aliphatic rings. The van der Waals surface area contributed by atoms with E-state index in [1.807, 2.05) is 13.8 Å². The van der Waals surface area contributed by atoms with Crippen molar-refractivity contribution in [1.82, 2.24) is 5.32 Å². The maximum Gasteiger partial charge on any atom is 0.251 e. The Morgan fingerprint density at radius 2 is 1.61 bits per heavy atom. The van der Waals surface area contributed by atoms with Crippen molar-refractivity contribution < 1.29 is 32.2 Å². The van der Waals surface area contributed by atoms with Crippen molar-refractivity contribution in [3.05, 3.63) is 42.0 Å². The predicted octanol–water partition coefficient (Wildman–Crippen LogP) is 1.51. The molecule has 0 bridgehead atoms. The summed E-state index contributed by atoms with van der Waals surface area (Å²) in [6.07, 6.45) is 0. The minimum Gasteiger partial charge on any atom is -0.495 e. The average molecular weight is 452 g/mol. The Kier molecular flexibility index (Phi) is 8.22. The molecule has 4 N–H and O–H groups in total. The predicted molar refractivity (Wildman–Crippen MR) is 114 cm³/mol. The number of amides is 2. The molecule has 0 saturated heterocycles. The van der Waals surface area contributed by atoms with Crippen LogP contribution in [-0.2, 0) is 14.8 Å². The fourth-order valence-corrected chi connectivity index (χ4v) is 3.36. The summed E-state index contributed by atoms with van der Waals surface area (Å²) < 4.78 is 39.2. The fraction of sp³-hybridized carbons (Fsp3) is 0.300. The molecule has 0 saturated carbocycles. The molecule has 0 aliphatic heterocycles. The maximum absolute atomic E-state index is 12.4. The minimum absolute atomic E-state index is 0.0504. The van der Waals surface area contributed by atoms with E-state index in [1.54, 1.807) is 12.1 Å². The number of rotatable bonds is 10. The Labute approximate surface area is 180 Å². The molecule has 0 aliphatic carbocycles. The Morgan fingerprint density at radius 1 is 0.968 bits per heavy atom. The highest BCUT2D eigenvalue weighted by atomic mass is 32.2. The molecule has 2 aromatic rings. The van der Waals surface area contributed by atoms with E-state index in [0.717, 1.165) is 0 Å². The number of carbonyl (C=O) groups is 2. The second kappa shape index (κ2) is 10.6. The van der Waals surface area contributed by atoms with Crippen LogP contribution in [0.3, 0.4) is 0 Å². The molecule has 0 radical (unpaired) electrons. The molecule has 0 fully saturated rings. The zero-order valence-corrected chi connectivity index (χ0v) is 18.2. The van der Waals surface area contributed by atoms with Crippen LogP contribution in [0, 0.1) is 0 Å². The van der Waals surface area contributed by atoms with Gasteiger partial charge >= 0.3 is 0 Å². The van der Waals surface area contributed by atoms with Gasteiger partial charge in [0.25, 0.3) is 5.91 Å². The Bertz CT molecular complexity index is 1050. The molecule has 10 nitrogen and oxygen atoms in total. The summed E-state index contributed by atoms with van der Waals surface area (Å²) >= 11 is 0. The van der Waals surface area contributed by atoms with Crippen LogP contribution < -0.4 is 30.0 Å². The van der Waals surface area contributed by atoms with Gasteiger partial charge in [-0.1, -0.05) is 0 Å². The lowest BCUT2D eigenvalue weighted by molar-refractivity contribution is -0.115. The van der Waals surface area contributed by atoms with Crippen LogP contribution in [0.5, 0.6) is 17.2 Å². The highest BCUT2D eigenvalue weighted by Gasteiger charge is 2.17. The van der Waals surface area contributed by atoms with Crippen molar-refractivity contribution in [2.45, 2.75) is 18.7 Å². The first-order valence-electron chi connectivity index (χ1n) is 9.38. The summed E-state index contributed by atoms with van der Waals surface area (Å²) in [5.74, 6) is -0.0533. The number of hydrogen-bond acceptors (Lipinski definition) is 7. The van der Waals surface area contributed by atoms with E-state index in [-0.39, 0.29) is 22.9 Å². The molecule has 0 spiro atoms. The summed E-state index contributed by atoms with van der Waals surface area (Å²) in [7, 11) is -2.75. The number of methoxy groups -OCH3 is 1. The number of sulfonamides is 1. The van der Waals surface area contributed by atoms with Crippen molar-refractivity contribution in [2.24, 2.45) is 5.14 Å². The topological polar surface area (TPSA) is 146 Å². The number of ether oxygens (including phenoxy) is 3. The lowest BCUT2D eigenvalue weighted by Gasteiger charge is -2.13. The first-order valence-corrected chi connectivity index (χ1v) is 10.9. The number of hydrogen-bond donors (Lipinski definition) is 3. The summed E-state index contributed by atoms with van der Waals surface area (Å²) in [6.45, 7) is 4.16. The zero-order valence-electron chi connectivity index (χ0n) is 17.4. The number of nitrogens with two attached hydrogens (primary N) is 1. The normalized spacial score (nSPS) is 10.8. The van der Waals surface area contributed by atoms with Gasteiger partial charge in [-0.15, -0.1) is 0 Å². The van der Waals surface area contributed by atoms with Crippen LogP contribution in [-0.4, -0.2) is 47.1 Å². The molecular formula is C20H25N3O7S. The molecule has 2 rings (SSSR count). The van der Waals surface area contributed by atoms with Gasteiger partial charge in [0.05, 0.1) is 26.9 Å². The SMILES string of the molecule is CCOc1ccc(C(=O)NCC(=O)Nc2ccc(OC)c(S(N)(=O)=O)c2)cc1OCC. The fourth-order valence-electron chi connectivity index (χ4n) is 2.64. The van der Waals surface area contributed by atoms with Crippen LogP contribution >= 0.6 is 0 Å². The van der Waals surface area contributed by atoms with Crippen LogP contribution in [0.1, 0.15) is 24.2 Å². The van der Waals surface area contributed by atoms with Gasteiger partial charge in [-0.25, -0.2) is 13.6 Å². The highest BCUT2D eigenvalue weighted by Crippen LogP contribution is 2.28. The summed E-state index contributed by atoms with van der Waals surface area (Å²) in [6, 6.07) is 8.70. The molecule has 0 heterocycles. The van der Waals surface area contributed by atoms with Crippen molar-refractivity contribution in [1.29, 1.82) is 0 Å². The first kappa shape index (κ1) is 24.0. The number of nitrogens with one attached hydrogen (secondary N) is 2. The molecule has 11 heteroatoms. The monoisotopic (exact) mass is 451 g/mol. The summed E-state index contributed by atoms with van der Waals surface area (Å²) in [4.78, 5) is 24.3. The van der Waals surface area contributed by atoms with Crippen molar-refractivity contribution >= 4 is 27.5 Å². The van der Waals surface area contributed by atoms with Crippen molar-refractivity contribution in [3.63, 3.8) is 0 Å². The molecular weight excluding hydrogens is 426 g/mol. The van der Waals surface area contributed by atoms with E-state index in [1.165, 1.54) is 31.4 Å². The van der Waals surface area contributed by atoms with Gasteiger partial charge in [0.15, 0.2) is 11.5 Å². The van der Waals surface area contributed by atoms with Crippen LogP contribution in [0.2, 0.25) is 0 Å². The zero-order chi connectivity index (χ0) is 23.0. The van der Waals surface area contributed by atoms with Gasteiger partial charge in [0.2, 0.25) is 15.9 Å². The van der Waals surface area contributed by atoms with Gasteiger partial charge < -0.3 is 24.8 Å². The lowest BCUT2D eigenvalue weighted by atomic mass is 10.2. The number of benzene rings is 2. The molecule has 0 unspecified atom stereocenters.